The molecule has 1 amide bonds. The van der Waals surface area contributed by atoms with Crippen LogP contribution >= 0.6 is 0 Å². The Morgan fingerprint density at radius 2 is 1.61 bits per heavy atom. The highest BCUT2D eigenvalue weighted by atomic mass is 32.2. The second kappa shape index (κ2) is 8.74. The number of hydrogen-bond donors (Lipinski definition) is 2. The summed E-state index contributed by atoms with van der Waals surface area (Å²) in [5.74, 6) is -2.13. The fraction of sp³-hybridized carbons (Fsp3) is 0.0476. The molecule has 12 heteroatoms. The van der Waals surface area contributed by atoms with Gasteiger partial charge in [0.15, 0.2) is 0 Å². The molecule has 2 N–H and O–H groups in total. The maximum atomic E-state index is 13.5. The number of hydrogen-bond acceptors (Lipinski definition) is 6. The maximum Gasteiger partial charge on any atom is 0.273 e. The molecule has 0 radical (unpaired) electrons. The number of nitrogens with one attached hydrogen (secondary N) is 2. The van der Waals surface area contributed by atoms with Crippen molar-refractivity contribution in [3.05, 3.63) is 84.3 Å². The highest BCUT2D eigenvalue weighted by Gasteiger charge is 2.18. The predicted octanol–water partition coefficient (Wildman–Crippen LogP) is 3.21. The molecule has 9 nitrogen and oxygen atoms in total. The molecule has 0 saturated carbocycles. The lowest BCUT2D eigenvalue weighted by Gasteiger charge is -2.08. The van der Waals surface area contributed by atoms with E-state index in [0.29, 0.717) is 5.69 Å². The molecule has 2 heterocycles. The van der Waals surface area contributed by atoms with Crippen LogP contribution in [0.1, 0.15) is 10.5 Å². The lowest BCUT2D eigenvalue weighted by molar-refractivity contribution is 0.101. The van der Waals surface area contributed by atoms with Crippen molar-refractivity contribution in [2.45, 2.75) is 4.90 Å². The van der Waals surface area contributed by atoms with Crippen molar-refractivity contribution in [3.8, 4) is 11.3 Å². The molecule has 4 aromatic rings. The van der Waals surface area contributed by atoms with Crippen molar-refractivity contribution < 1.29 is 22.0 Å². The van der Waals surface area contributed by atoms with Gasteiger partial charge in [-0.15, -0.1) is 0 Å². The zero-order valence-corrected chi connectivity index (χ0v) is 17.8. The number of anilines is 2. The number of amides is 1. The molecular weight excluding hydrogens is 454 g/mol. The van der Waals surface area contributed by atoms with E-state index < -0.39 is 27.6 Å². The zero-order valence-electron chi connectivity index (χ0n) is 17.0. The first-order chi connectivity index (χ1) is 15.7. The summed E-state index contributed by atoms with van der Waals surface area (Å²) in [4.78, 5) is 20.2. The smallest absolute Gasteiger partial charge is 0.273 e. The standard InChI is InChI=1S/C21H16F2N6O3S/c1-29-19(12-18(27-29)13-9-14(22)11-15(23)10-13)20(30)26-16-3-5-17(6-4-16)33(31,32)28-21-24-7-2-8-25-21/h2-12H,1H3,(H,26,30)(H,24,25,28). The molecule has 4 rings (SSSR count). The minimum atomic E-state index is -3.91. The van der Waals surface area contributed by atoms with Crippen LogP contribution in [0.5, 0.6) is 0 Å². The molecule has 0 fully saturated rings. The van der Waals surface area contributed by atoms with Crippen LogP contribution in [0.15, 0.2) is 71.9 Å². The Labute approximate surface area is 187 Å². The topological polar surface area (TPSA) is 119 Å². The van der Waals surface area contributed by atoms with Gasteiger partial charge >= 0.3 is 0 Å². The zero-order chi connectivity index (χ0) is 23.6. The molecule has 0 aliphatic heterocycles. The number of halogens is 2. The maximum absolute atomic E-state index is 13.5. The first-order valence-electron chi connectivity index (χ1n) is 9.43. The summed E-state index contributed by atoms with van der Waals surface area (Å²) in [6.07, 6.45) is 2.80. The highest BCUT2D eigenvalue weighted by Crippen LogP contribution is 2.22. The Morgan fingerprint density at radius 1 is 0.970 bits per heavy atom. The van der Waals surface area contributed by atoms with Crippen LogP contribution in [0, 0.1) is 11.6 Å². The van der Waals surface area contributed by atoms with E-state index in [1.54, 1.807) is 6.07 Å². The summed E-state index contributed by atoms with van der Waals surface area (Å²) >= 11 is 0. The Kier molecular flexibility index (Phi) is 5.84. The lowest BCUT2D eigenvalue weighted by Crippen LogP contribution is -2.17. The Balaban J connectivity index is 1.50. The van der Waals surface area contributed by atoms with E-state index in [4.69, 9.17) is 0 Å². The second-order valence-electron chi connectivity index (χ2n) is 6.85. The minimum Gasteiger partial charge on any atom is -0.321 e. The van der Waals surface area contributed by atoms with E-state index in [1.807, 2.05) is 0 Å². The fourth-order valence-electron chi connectivity index (χ4n) is 2.97. The summed E-state index contributed by atoms with van der Waals surface area (Å²) in [6.45, 7) is 0. The summed E-state index contributed by atoms with van der Waals surface area (Å²) in [5.41, 5.74) is 0.868. The predicted molar refractivity (Wildman–Crippen MR) is 116 cm³/mol. The molecule has 0 aliphatic carbocycles. The van der Waals surface area contributed by atoms with Crippen molar-refractivity contribution in [3.63, 3.8) is 0 Å². The molecular formula is C21H16F2N6O3S. The van der Waals surface area contributed by atoms with Crippen LogP contribution < -0.4 is 10.0 Å². The molecule has 0 bridgehead atoms. The third-order valence-electron chi connectivity index (χ3n) is 4.48. The fourth-order valence-corrected chi connectivity index (χ4v) is 3.92. The number of rotatable bonds is 6. The van der Waals surface area contributed by atoms with E-state index >= 15 is 0 Å². The van der Waals surface area contributed by atoms with Crippen molar-refractivity contribution in [1.29, 1.82) is 0 Å². The number of aryl methyl sites for hydroxylation is 1. The van der Waals surface area contributed by atoms with Crippen molar-refractivity contribution in [1.82, 2.24) is 19.7 Å². The number of carbonyl (C=O) groups is 1. The van der Waals surface area contributed by atoms with Crippen LogP contribution in [0.4, 0.5) is 20.4 Å². The second-order valence-corrected chi connectivity index (χ2v) is 8.54. The van der Waals surface area contributed by atoms with Gasteiger partial charge in [0.2, 0.25) is 5.95 Å². The Bertz CT molecular complexity index is 1400. The van der Waals surface area contributed by atoms with Gasteiger partial charge in [-0.25, -0.2) is 31.9 Å². The van der Waals surface area contributed by atoms with Gasteiger partial charge in [-0.2, -0.15) is 5.10 Å². The average molecular weight is 470 g/mol. The van der Waals surface area contributed by atoms with E-state index in [1.165, 1.54) is 54.5 Å². The van der Waals surface area contributed by atoms with Gasteiger partial charge in [-0.05, 0) is 48.5 Å². The lowest BCUT2D eigenvalue weighted by atomic mass is 10.1. The minimum absolute atomic E-state index is 0.0519. The summed E-state index contributed by atoms with van der Waals surface area (Å²) < 4.78 is 55.4. The number of benzene rings is 2. The van der Waals surface area contributed by atoms with Crippen LogP contribution in [0.2, 0.25) is 0 Å². The van der Waals surface area contributed by atoms with Crippen LogP contribution in [-0.2, 0) is 17.1 Å². The molecule has 2 aromatic carbocycles. The van der Waals surface area contributed by atoms with Gasteiger partial charge in [0, 0.05) is 36.8 Å². The normalized spacial score (nSPS) is 11.2. The monoisotopic (exact) mass is 470 g/mol. The molecule has 0 spiro atoms. The van der Waals surface area contributed by atoms with E-state index in [9.17, 15) is 22.0 Å². The third-order valence-corrected chi connectivity index (χ3v) is 5.83. The number of nitrogens with zero attached hydrogens (tertiary/aromatic N) is 4. The van der Waals surface area contributed by atoms with Crippen molar-refractivity contribution >= 4 is 27.6 Å². The SMILES string of the molecule is Cn1nc(-c2cc(F)cc(F)c2)cc1C(=O)Nc1ccc(S(=O)(=O)Nc2ncccn2)cc1. The molecule has 168 valence electrons. The molecule has 2 aromatic heterocycles. The molecule has 0 atom stereocenters. The van der Waals surface area contributed by atoms with Crippen LogP contribution in [-0.4, -0.2) is 34.1 Å². The van der Waals surface area contributed by atoms with Gasteiger partial charge in [0.1, 0.15) is 17.3 Å². The van der Waals surface area contributed by atoms with E-state index in [-0.39, 0.29) is 27.8 Å². The number of aromatic nitrogens is 4. The average Bonchev–Trinajstić information content (AvgIpc) is 3.16. The van der Waals surface area contributed by atoms with Gasteiger partial charge in [-0.1, -0.05) is 0 Å². The molecule has 0 aliphatic rings. The molecule has 0 unspecified atom stereocenters. The third kappa shape index (κ3) is 5.01. The van der Waals surface area contributed by atoms with E-state index in [0.717, 1.165) is 18.2 Å². The summed E-state index contributed by atoms with van der Waals surface area (Å²) in [6, 6.07) is 11.4. The first kappa shape index (κ1) is 22.0. The Morgan fingerprint density at radius 3 is 2.24 bits per heavy atom. The van der Waals surface area contributed by atoms with Gasteiger partial charge in [0.05, 0.1) is 10.6 Å². The van der Waals surface area contributed by atoms with Crippen LogP contribution in [0.3, 0.4) is 0 Å². The van der Waals surface area contributed by atoms with E-state index in [2.05, 4.69) is 25.1 Å². The van der Waals surface area contributed by atoms with Gasteiger partial charge in [0.25, 0.3) is 15.9 Å². The van der Waals surface area contributed by atoms with Crippen molar-refractivity contribution in [2.24, 2.45) is 7.05 Å². The van der Waals surface area contributed by atoms with Crippen LogP contribution in [0.25, 0.3) is 11.3 Å². The number of carbonyl (C=O) groups excluding carboxylic acids is 1. The van der Waals surface area contributed by atoms with Gasteiger partial charge < -0.3 is 5.32 Å². The van der Waals surface area contributed by atoms with Crippen molar-refractivity contribution in [2.75, 3.05) is 10.0 Å². The first-order valence-corrected chi connectivity index (χ1v) is 10.9. The highest BCUT2D eigenvalue weighted by molar-refractivity contribution is 7.92. The summed E-state index contributed by atoms with van der Waals surface area (Å²) in [7, 11) is -2.40. The molecule has 33 heavy (non-hydrogen) atoms. The summed E-state index contributed by atoms with van der Waals surface area (Å²) in [5, 5.41) is 6.76. The van der Waals surface area contributed by atoms with Gasteiger partial charge in [-0.3, -0.25) is 9.48 Å². The Hall–Kier alpha value is -4.19. The quantitative estimate of drug-likeness (QED) is 0.447. The largest absolute Gasteiger partial charge is 0.321 e. The number of sulfonamides is 1. The molecule has 0 saturated heterocycles.